The van der Waals surface area contributed by atoms with Gasteiger partial charge in [-0.15, -0.1) is 0 Å². The molecular formula is C51H94N4O8. The first-order valence-electron chi connectivity index (χ1n) is 25.7. The minimum absolute atomic E-state index is 0.000584. The fourth-order valence-corrected chi connectivity index (χ4v) is 8.23. The Morgan fingerprint density at radius 2 is 0.889 bits per heavy atom. The average molecular weight is 891 g/mol. The molecule has 0 unspecified atom stereocenters. The number of rotatable bonds is 32. The van der Waals surface area contributed by atoms with Gasteiger partial charge in [0.25, 0.3) is 0 Å². The molecule has 0 aromatic heterocycles. The van der Waals surface area contributed by atoms with E-state index >= 15 is 0 Å². The molecule has 1 heterocycles. The molecule has 63 heavy (non-hydrogen) atoms. The number of ether oxygens (including phenoxy) is 2. The van der Waals surface area contributed by atoms with Crippen molar-refractivity contribution in [3.63, 3.8) is 0 Å². The van der Waals surface area contributed by atoms with E-state index in [0.29, 0.717) is 25.9 Å². The van der Waals surface area contributed by atoms with Crippen molar-refractivity contribution in [2.24, 2.45) is 17.8 Å². The monoisotopic (exact) mass is 891 g/mol. The van der Waals surface area contributed by atoms with Gasteiger partial charge in [0.1, 0.15) is 30.3 Å². The van der Waals surface area contributed by atoms with Crippen LogP contribution in [0.15, 0.2) is 0 Å². The minimum Gasteiger partial charge on any atom is -0.466 e. The summed E-state index contributed by atoms with van der Waals surface area (Å²) in [6.45, 7) is 16.4. The van der Waals surface area contributed by atoms with E-state index in [1.165, 1.54) is 89.9 Å². The summed E-state index contributed by atoms with van der Waals surface area (Å²) in [5, 5.41) is 11.4. The lowest BCUT2D eigenvalue weighted by Gasteiger charge is -2.29. The van der Waals surface area contributed by atoms with Crippen LogP contribution in [0.2, 0.25) is 0 Å². The molecule has 1 saturated heterocycles. The first-order valence-corrected chi connectivity index (χ1v) is 25.7. The molecule has 1 aliphatic rings. The smallest absolute Gasteiger partial charge is 0.328 e. The Kier molecular flexibility index (Phi) is 33.1. The molecule has 366 valence electrons. The quantitative estimate of drug-likeness (QED) is 0.0382. The summed E-state index contributed by atoms with van der Waals surface area (Å²) in [6.07, 6.45) is 24.6. The van der Waals surface area contributed by atoms with E-state index in [1.807, 2.05) is 41.5 Å². The van der Waals surface area contributed by atoms with Crippen LogP contribution < -0.4 is 21.3 Å². The van der Waals surface area contributed by atoms with Gasteiger partial charge in [-0.3, -0.25) is 24.0 Å². The number of amides is 4. The van der Waals surface area contributed by atoms with Gasteiger partial charge >= 0.3 is 11.9 Å². The number of cyclic esters (lactones) is 1. The fourth-order valence-electron chi connectivity index (χ4n) is 8.23. The maximum Gasteiger partial charge on any atom is 0.328 e. The van der Waals surface area contributed by atoms with Gasteiger partial charge in [0.15, 0.2) is 0 Å². The Labute approximate surface area is 383 Å². The predicted molar refractivity (Wildman–Crippen MR) is 254 cm³/mol. The van der Waals surface area contributed by atoms with Gasteiger partial charge in [-0.2, -0.15) is 0 Å². The van der Waals surface area contributed by atoms with Crippen LogP contribution in [0, 0.1) is 17.8 Å². The minimum atomic E-state index is -1.15. The van der Waals surface area contributed by atoms with Crippen LogP contribution in [0.3, 0.4) is 0 Å². The SMILES string of the molecule is CCCCCCCCCCCCCCOC(=O)CC[C@@H]1NC(=O)C[C@@H](CCCCCCCCCCC)OC(=O)[C@H](CC(C)C)NC(=O)[C@@H](CC(C)C)NC(=O)[C@H](CC(C)C)NC1=O. The molecule has 0 radical (unpaired) electrons. The lowest BCUT2D eigenvalue weighted by atomic mass is 9.98. The van der Waals surface area contributed by atoms with E-state index in [0.717, 1.165) is 44.9 Å². The van der Waals surface area contributed by atoms with Crippen LogP contribution in [-0.2, 0) is 38.2 Å². The zero-order chi connectivity index (χ0) is 46.8. The van der Waals surface area contributed by atoms with E-state index in [2.05, 4.69) is 35.1 Å². The first-order chi connectivity index (χ1) is 30.2. The molecule has 1 aliphatic heterocycles. The fraction of sp³-hybridized carbons (Fsp3) is 0.882. The molecular weight excluding hydrogens is 797 g/mol. The molecule has 0 bridgehead atoms. The Hall–Kier alpha value is -3.18. The standard InChI is InChI=1S/C51H94N4O8/c1-9-11-13-15-17-19-20-21-23-25-27-29-33-62-47(57)32-31-42-48(58)53-43(34-38(3)4)49(59)54-44(35-39(5)6)50(60)55-45(36-40(7)8)51(61)63-41(37-46(56)52-42)30-28-26-24-22-18-16-14-12-10-2/h38-45H,9-37H2,1-8H3,(H,52,56)(H,53,58)(H,54,59)(H,55,60)/t41-,42+,43+,44-,45+/m1/s1. The topological polar surface area (TPSA) is 169 Å². The second-order valence-corrected chi connectivity index (χ2v) is 19.7. The van der Waals surface area contributed by atoms with Crippen molar-refractivity contribution in [3.05, 3.63) is 0 Å². The molecule has 0 saturated carbocycles. The van der Waals surface area contributed by atoms with Crippen molar-refractivity contribution in [2.45, 2.75) is 265 Å². The van der Waals surface area contributed by atoms with Crippen molar-refractivity contribution >= 4 is 35.6 Å². The summed E-state index contributed by atoms with van der Waals surface area (Å²) >= 11 is 0. The molecule has 4 amide bonds. The summed E-state index contributed by atoms with van der Waals surface area (Å²) in [5.74, 6) is -3.19. The molecule has 12 nitrogen and oxygen atoms in total. The predicted octanol–water partition coefficient (Wildman–Crippen LogP) is 10.3. The van der Waals surface area contributed by atoms with E-state index in [1.54, 1.807) is 0 Å². The van der Waals surface area contributed by atoms with Crippen LogP contribution in [0.5, 0.6) is 0 Å². The van der Waals surface area contributed by atoms with Crippen LogP contribution in [-0.4, -0.2) is 72.4 Å². The highest BCUT2D eigenvalue weighted by Crippen LogP contribution is 2.19. The zero-order valence-corrected chi connectivity index (χ0v) is 41.4. The Bertz CT molecular complexity index is 1270. The third-order valence-electron chi connectivity index (χ3n) is 11.9. The third kappa shape index (κ3) is 29.8. The molecule has 1 fully saturated rings. The molecule has 0 aliphatic carbocycles. The zero-order valence-electron chi connectivity index (χ0n) is 41.4. The van der Waals surface area contributed by atoms with E-state index in [4.69, 9.17) is 9.47 Å². The summed E-state index contributed by atoms with van der Waals surface area (Å²) in [4.78, 5) is 82.4. The van der Waals surface area contributed by atoms with Gasteiger partial charge < -0.3 is 30.7 Å². The number of carbonyl (C=O) groups is 6. The van der Waals surface area contributed by atoms with Crippen molar-refractivity contribution < 1.29 is 38.2 Å². The van der Waals surface area contributed by atoms with E-state index in [-0.39, 0.29) is 43.4 Å². The second-order valence-electron chi connectivity index (χ2n) is 19.7. The molecule has 4 N–H and O–H groups in total. The second kappa shape index (κ2) is 36.1. The van der Waals surface area contributed by atoms with Crippen LogP contribution in [0.25, 0.3) is 0 Å². The Balaban J connectivity index is 3.16. The number of unbranched alkanes of at least 4 members (excludes halogenated alkanes) is 19. The highest BCUT2D eigenvalue weighted by molar-refractivity contribution is 5.95. The number of carbonyl (C=O) groups excluding carboxylic acids is 6. The number of nitrogens with one attached hydrogen (secondary N) is 4. The van der Waals surface area contributed by atoms with E-state index in [9.17, 15) is 28.8 Å². The van der Waals surface area contributed by atoms with Gasteiger partial charge in [-0.25, -0.2) is 4.79 Å². The summed E-state index contributed by atoms with van der Waals surface area (Å²) in [7, 11) is 0. The maximum absolute atomic E-state index is 14.0. The van der Waals surface area contributed by atoms with Crippen LogP contribution >= 0.6 is 0 Å². The van der Waals surface area contributed by atoms with Gasteiger partial charge in [0, 0.05) is 6.42 Å². The van der Waals surface area contributed by atoms with Crippen LogP contribution in [0.4, 0.5) is 0 Å². The van der Waals surface area contributed by atoms with Crippen molar-refractivity contribution in [3.8, 4) is 0 Å². The largest absolute Gasteiger partial charge is 0.466 e. The highest BCUT2D eigenvalue weighted by Gasteiger charge is 2.34. The number of hydrogen-bond acceptors (Lipinski definition) is 8. The molecule has 0 spiro atoms. The van der Waals surface area contributed by atoms with Gasteiger partial charge in [-0.1, -0.05) is 177 Å². The molecule has 12 heteroatoms. The molecule has 5 atom stereocenters. The Morgan fingerprint density at radius 1 is 0.508 bits per heavy atom. The van der Waals surface area contributed by atoms with Gasteiger partial charge in [-0.05, 0) is 62.7 Å². The average Bonchev–Trinajstić information content (AvgIpc) is 3.21. The maximum atomic E-state index is 14.0. The van der Waals surface area contributed by atoms with Crippen molar-refractivity contribution in [1.29, 1.82) is 0 Å². The van der Waals surface area contributed by atoms with Crippen molar-refractivity contribution in [2.75, 3.05) is 6.61 Å². The van der Waals surface area contributed by atoms with Gasteiger partial charge in [0.2, 0.25) is 23.6 Å². The lowest BCUT2D eigenvalue weighted by molar-refractivity contribution is -0.155. The molecule has 0 aromatic carbocycles. The van der Waals surface area contributed by atoms with E-state index < -0.39 is 65.8 Å². The summed E-state index contributed by atoms with van der Waals surface area (Å²) < 4.78 is 11.6. The third-order valence-corrected chi connectivity index (χ3v) is 11.9. The number of hydrogen-bond donors (Lipinski definition) is 4. The molecule has 0 aromatic rings. The summed E-state index contributed by atoms with van der Waals surface area (Å²) in [6, 6.07) is -4.11. The summed E-state index contributed by atoms with van der Waals surface area (Å²) in [5.41, 5.74) is 0. The number of esters is 2. The van der Waals surface area contributed by atoms with Gasteiger partial charge in [0.05, 0.1) is 13.0 Å². The highest BCUT2D eigenvalue weighted by atomic mass is 16.5. The Morgan fingerprint density at radius 3 is 1.33 bits per heavy atom. The first kappa shape index (κ1) is 57.8. The normalized spacial score (nSPS) is 20.7. The van der Waals surface area contributed by atoms with Crippen molar-refractivity contribution in [1.82, 2.24) is 21.3 Å². The lowest BCUT2D eigenvalue weighted by Crippen LogP contribution is -2.58. The van der Waals surface area contributed by atoms with Crippen LogP contribution in [0.1, 0.15) is 235 Å². The molecule has 1 rings (SSSR count).